The molecule has 118 valence electrons. The maximum absolute atomic E-state index is 11.9. The van der Waals surface area contributed by atoms with Gasteiger partial charge in [-0.05, 0) is 6.42 Å². The highest BCUT2D eigenvalue weighted by Crippen LogP contribution is 2.03. The Morgan fingerprint density at radius 1 is 1.05 bits per heavy atom. The molecule has 0 spiro atoms. The molecule has 0 aromatic carbocycles. The van der Waals surface area contributed by atoms with Gasteiger partial charge in [0.15, 0.2) is 0 Å². The van der Waals surface area contributed by atoms with Crippen molar-refractivity contribution in [2.45, 2.75) is 13.3 Å². The number of urea groups is 1. The number of hydrogen-bond acceptors (Lipinski definition) is 5. The highest BCUT2D eigenvalue weighted by molar-refractivity contribution is 5.95. The zero-order chi connectivity index (χ0) is 15.8. The van der Waals surface area contributed by atoms with Crippen molar-refractivity contribution >= 4 is 23.8 Å². The molecule has 1 heterocycles. The number of carboxylic acid groups (broad SMARTS) is 1. The highest BCUT2D eigenvalue weighted by Gasteiger charge is 2.21. The van der Waals surface area contributed by atoms with Crippen LogP contribution in [0.2, 0.25) is 0 Å². The lowest BCUT2D eigenvalue weighted by atomic mass is 10.4. The van der Waals surface area contributed by atoms with Gasteiger partial charge in [0, 0.05) is 33.1 Å². The Morgan fingerprint density at radius 3 is 2.29 bits per heavy atom. The monoisotopic (exact) mass is 301 g/mol. The molecular weight excluding hydrogens is 282 g/mol. The van der Waals surface area contributed by atoms with Crippen LogP contribution in [0.1, 0.15) is 13.3 Å². The zero-order valence-electron chi connectivity index (χ0n) is 11.8. The first-order valence-electron chi connectivity index (χ1n) is 6.54. The number of rotatable bonds is 4. The lowest BCUT2D eigenvalue weighted by molar-refractivity contribution is -0.143. The number of carbonyl (C=O) groups excluding carboxylic acids is 3. The molecule has 0 saturated carbocycles. The summed E-state index contributed by atoms with van der Waals surface area (Å²) in [5, 5.41) is 10.5. The zero-order valence-corrected chi connectivity index (χ0v) is 11.8. The molecule has 0 unspecified atom stereocenters. The van der Waals surface area contributed by atoms with Gasteiger partial charge >= 0.3 is 12.0 Å². The highest BCUT2D eigenvalue weighted by atomic mass is 16.5. The average Bonchev–Trinajstić information content (AvgIpc) is 2.63. The van der Waals surface area contributed by atoms with Crippen LogP contribution in [0.25, 0.3) is 0 Å². The standard InChI is InChI=1S/C12H19N3O6/c1-9(16)14-3-2-4-15(6-5-14)12(20)13-10(17)7-21-8-11(18)19/h2-8H2,1H3,(H,18,19)(H,13,17,20). The minimum absolute atomic E-state index is 0.0459. The number of nitrogens with zero attached hydrogens (tertiary/aromatic N) is 2. The summed E-state index contributed by atoms with van der Waals surface area (Å²) in [5.74, 6) is -1.93. The summed E-state index contributed by atoms with van der Waals surface area (Å²) in [6, 6.07) is -0.565. The third kappa shape index (κ3) is 6.21. The van der Waals surface area contributed by atoms with E-state index in [2.05, 4.69) is 10.1 Å². The fourth-order valence-corrected chi connectivity index (χ4v) is 1.90. The molecule has 1 saturated heterocycles. The maximum Gasteiger partial charge on any atom is 0.329 e. The summed E-state index contributed by atoms with van der Waals surface area (Å²) in [7, 11) is 0. The molecule has 1 rings (SSSR count). The van der Waals surface area contributed by atoms with Crippen LogP contribution in [0.5, 0.6) is 0 Å². The van der Waals surface area contributed by atoms with Crippen molar-refractivity contribution in [3.05, 3.63) is 0 Å². The number of hydrogen-bond donors (Lipinski definition) is 2. The van der Waals surface area contributed by atoms with Crippen molar-refractivity contribution in [1.29, 1.82) is 0 Å². The van der Waals surface area contributed by atoms with E-state index in [0.717, 1.165) is 0 Å². The van der Waals surface area contributed by atoms with E-state index in [4.69, 9.17) is 5.11 Å². The summed E-state index contributed by atoms with van der Waals surface area (Å²) in [6.45, 7) is 2.16. The van der Waals surface area contributed by atoms with Crippen LogP contribution in [-0.2, 0) is 19.1 Å². The lowest BCUT2D eigenvalue weighted by Crippen LogP contribution is -2.45. The van der Waals surface area contributed by atoms with Crippen molar-refractivity contribution < 1.29 is 29.0 Å². The van der Waals surface area contributed by atoms with Gasteiger partial charge in [-0.15, -0.1) is 0 Å². The Bertz CT molecular complexity index is 425. The fourth-order valence-electron chi connectivity index (χ4n) is 1.90. The number of nitrogens with one attached hydrogen (secondary N) is 1. The molecule has 0 atom stereocenters. The average molecular weight is 301 g/mol. The molecule has 1 aliphatic rings. The second kappa shape index (κ2) is 8.20. The minimum atomic E-state index is -1.19. The molecule has 4 amide bonds. The van der Waals surface area contributed by atoms with Crippen LogP contribution < -0.4 is 5.32 Å². The summed E-state index contributed by atoms with van der Waals surface area (Å²) in [5.41, 5.74) is 0. The molecule has 0 bridgehead atoms. The predicted molar refractivity (Wildman–Crippen MR) is 70.4 cm³/mol. The van der Waals surface area contributed by atoms with Gasteiger partial charge in [-0.2, -0.15) is 0 Å². The molecule has 1 aliphatic heterocycles. The van der Waals surface area contributed by atoms with Crippen molar-refractivity contribution in [1.82, 2.24) is 15.1 Å². The van der Waals surface area contributed by atoms with Gasteiger partial charge in [-0.3, -0.25) is 14.9 Å². The van der Waals surface area contributed by atoms with Gasteiger partial charge < -0.3 is 19.6 Å². The van der Waals surface area contributed by atoms with E-state index >= 15 is 0 Å². The summed E-state index contributed by atoms with van der Waals surface area (Å²) < 4.78 is 4.58. The number of carbonyl (C=O) groups is 4. The van der Waals surface area contributed by atoms with E-state index < -0.39 is 31.1 Å². The third-order valence-corrected chi connectivity index (χ3v) is 2.93. The first-order valence-corrected chi connectivity index (χ1v) is 6.54. The van der Waals surface area contributed by atoms with Crippen LogP contribution in [-0.4, -0.2) is 78.1 Å². The number of ether oxygens (including phenoxy) is 1. The van der Waals surface area contributed by atoms with Gasteiger partial charge in [-0.25, -0.2) is 9.59 Å². The number of aliphatic carboxylic acids is 1. The van der Waals surface area contributed by atoms with Gasteiger partial charge in [0.1, 0.15) is 13.2 Å². The summed E-state index contributed by atoms with van der Waals surface area (Å²) in [4.78, 5) is 47.8. The Balaban J connectivity index is 2.36. The minimum Gasteiger partial charge on any atom is -0.480 e. The lowest BCUT2D eigenvalue weighted by Gasteiger charge is -2.21. The van der Waals surface area contributed by atoms with Crippen LogP contribution in [0.15, 0.2) is 0 Å². The molecule has 0 aliphatic carbocycles. The Morgan fingerprint density at radius 2 is 1.67 bits per heavy atom. The maximum atomic E-state index is 11.9. The second-order valence-electron chi connectivity index (χ2n) is 4.59. The first-order chi connectivity index (χ1) is 9.90. The van der Waals surface area contributed by atoms with Crippen molar-refractivity contribution in [2.24, 2.45) is 0 Å². The smallest absolute Gasteiger partial charge is 0.329 e. The Kier molecular flexibility index (Phi) is 6.60. The second-order valence-corrected chi connectivity index (χ2v) is 4.59. The van der Waals surface area contributed by atoms with Crippen molar-refractivity contribution in [2.75, 3.05) is 39.4 Å². The number of amides is 4. The topological polar surface area (TPSA) is 116 Å². The molecule has 1 fully saturated rings. The van der Waals surface area contributed by atoms with E-state index in [1.54, 1.807) is 4.90 Å². The molecule has 21 heavy (non-hydrogen) atoms. The third-order valence-electron chi connectivity index (χ3n) is 2.93. The quantitative estimate of drug-likeness (QED) is 0.679. The van der Waals surface area contributed by atoms with Crippen molar-refractivity contribution in [3.63, 3.8) is 0 Å². The first kappa shape index (κ1) is 16.9. The molecular formula is C12H19N3O6. The molecule has 0 aromatic rings. The number of imide groups is 1. The van der Waals surface area contributed by atoms with Gasteiger partial charge in [0.05, 0.1) is 0 Å². The predicted octanol–water partition coefficient (Wildman–Crippen LogP) is -1.12. The van der Waals surface area contributed by atoms with Crippen LogP contribution in [0.4, 0.5) is 4.79 Å². The largest absolute Gasteiger partial charge is 0.480 e. The fraction of sp³-hybridized carbons (Fsp3) is 0.667. The summed E-state index contributed by atoms with van der Waals surface area (Å²) in [6.07, 6.45) is 0.636. The SMILES string of the molecule is CC(=O)N1CCCN(C(=O)NC(=O)COCC(=O)O)CC1. The normalized spacial score (nSPS) is 15.3. The molecule has 9 heteroatoms. The van der Waals surface area contributed by atoms with Gasteiger partial charge in [-0.1, -0.05) is 0 Å². The van der Waals surface area contributed by atoms with E-state index in [0.29, 0.717) is 32.6 Å². The molecule has 9 nitrogen and oxygen atoms in total. The molecule has 2 N–H and O–H groups in total. The Labute approximate surface area is 121 Å². The van der Waals surface area contributed by atoms with E-state index in [-0.39, 0.29) is 5.91 Å². The summed E-state index contributed by atoms with van der Waals surface area (Å²) >= 11 is 0. The van der Waals surface area contributed by atoms with Crippen molar-refractivity contribution in [3.8, 4) is 0 Å². The Hall–Kier alpha value is -2.16. The van der Waals surface area contributed by atoms with E-state index in [9.17, 15) is 19.2 Å². The van der Waals surface area contributed by atoms with Crippen LogP contribution in [0, 0.1) is 0 Å². The molecule has 0 radical (unpaired) electrons. The van der Waals surface area contributed by atoms with Gasteiger partial charge in [0.2, 0.25) is 5.91 Å². The number of carboxylic acids is 1. The van der Waals surface area contributed by atoms with E-state index in [1.165, 1.54) is 11.8 Å². The molecule has 0 aromatic heterocycles. The van der Waals surface area contributed by atoms with Crippen LogP contribution in [0.3, 0.4) is 0 Å². The van der Waals surface area contributed by atoms with Crippen LogP contribution >= 0.6 is 0 Å². The van der Waals surface area contributed by atoms with Gasteiger partial charge in [0.25, 0.3) is 5.91 Å². The van der Waals surface area contributed by atoms with E-state index in [1.807, 2.05) is 0 Å².